The van der Waals surface area contributed by atoms with E-state index in [2.05, 4.69) is 16.4 Å². The van der Waals surface area contributed by atoms with E-state index >= 15 is 0 Å². The van der Waals surface area contributed by atoms with E-state index in [0.717, 1.165) is 22.6 Å². The van der Waals surface area contributed by atoms with Crippen LogP contribution in [0, 0.1) is 18.3 Å². The lowest BCUT2D eigenvalue weighted by Crippen LogP contribution is -1.97. The van der Waals surface area contributed by atoms with Crippen molar-refractivity contribution in [2.45, 2.75) is 6.92 Å². The first-order valence-electron chi connectivity index (χ1n) is 5.93. The second kappa shape index (κ2) is 5.40. The molecule has 2 aromatic rings. The van der Waals surface area contributed by atoms with Crippen molar-refractivity contribution >= 4 is 5.82 Å². The Morgan fingerprint density at radius 3 is 2.63 bits per heavy atom. The molecule has 0 saturated heterocycles. The van der Waals surface area contributed by atoms with E-state index in [-0.39, 0.29) is 0 Å². The fourth-order valence-electron chi connectivity index (χ4n) is 1.94. The Bertz CT molecular complexity index is 644. The van der Waals surface area contributed by atoms with Crippen molar-refractivity contribution in [3.63, 3.8) is 0 Å². The van der Waals surface area contributed by atoms with E-state index < -0.39 is 0 Å². The summed E-state index contributed by atoms with van der Waals surface area (Å²) in [7, 11) is 3.41. The van der Waals surface area contributed by atoms with Gasteiger partial charge in [-0.15, -0.1) is 0 Å². The zero-order valence-corrected chi connectivity index (χ0v) is 11.2. The van der Waals surface area contributed by atoms with Crippen LogP contribution in [-0.4, -0.2) is 19.1 Å². The summed E-state index contributed by atoms with van der Waals surface area (Å²) in [5.74, 6) is 1.44. The number of aromatic nitrogens is 1. The van der Waals surface area contributed by atoms with E-state index in [1.54, 1.807) is 20.2 Å². The van der Waals surface area contributed by atoms with Crippen molar-refractivity contribution in [3.05, 3.63) is 41.5 Å². The highest BCUT2D eigenvalue weighted by Crippen LogP contribution is 2.26. The number of pyridine rings is 1. The van der Waals surface area contributed by atoms with E-state index in [0.29, 0.717) is 11.4 Å². The summed E-state index contributed by atoms with van der Waals surface area (Å²) in [6.07, 6.45) is 0. The number of nitrogens with one attached hydrogen (secondary N) is 1. The molecule has 2 rings (SSSR count). The molecule has 0 unspecified atom stereocenters. The van der Waals surface area contributed by atoms with Crippen molar-refractivity contribution in [2.75, 3.05) is 19.5 Å². The summed E-state index contributed by atoms with van der Waals surface area (Å²) < 4.78 is 5.24. The Labute approximate surface area is 112 Å². The second-order valence-corrected chi connectivity index (χ2v) is 4.14. The molecule has 0 bridgehead atoms. The van der Waals surface area contributed by atoms with Crippen molar-refractivity contribution in [1.82, 2.24) is 4.98 Å². The summed E-state index contributed by atoms with van der Waals surface area (Å²) in [6, 6.07) is 11.6. The summed E-state index contributed by atoms with van der Waals surface area (Å²) >= 11 is 0. The largest absolute Gasteiger partial charge is 0.496 e. The topological polar surface area (TPSA) is 57.9 Å². The predicted octanol–water partition coefficient (Wildman–Crippen LogP) is 2.98. The van der Waals surface area contributed by atoms with Crippen molar-refractivity contribution in [2.24, 2.45) is 0 Å². The molecule has 19 heavy (non-hydrogen) atoms. The molecule has 4 heteroatoms. The molecule has 0 amide bonds. The van der Waals surface area contributed by atoms with Gasteiger partial charge in [0, 0.05) is 12.6 Å². The molecule has 1 aromatic carbocycles. The van der Waals surface area contributed by atoms with Gasteiger partial charge in [0.15, 0.2) is 0 Å². The Hall–Kier alpha value is -2.54. The van der Waals surface area contributed by atoms with Crippen LogP contribution >= 0.6 is 0 Å². The smallest absolute Gasteiger partial charge is 0.144 e. The number of hydrogen-bond donors (Lipinski definition) is 1. The number of rotatable bonds is 3. The molecule has 0 aliphatic rings. The van der Waals surface area contributed by atoms with Crippen molar-refractivity contribution < 1.29 is 4.74 Å². The molecule has 4 nitrogen and oxygen atoms in total. The lowest BCUT2D eigenvalue weighted by Gasteiger charge is -2.09. The minimum atomic E-state index is 0.538. The van der Waals surface area contributed by atoms with Gasteiger partial charge in [-0.3, -0.25) is 0 Å². The minimum absolute atomic E-state index is 0.538. The highest BCUT2D eigenvalue weighted by Gasteiger charge is 2.07. The van der Waals surface area contributed by atoms with Gasteiger partial charge in [-0.25, -0.2) is 4.98 Å². The van der Waals surface area contributed by atoms with Gasteiger partial charge in [-0.2, -0.15) is 5.26 Å². The first-order chi connectivity index (χ1) is 9.19. The average Bonchev–Trinajstić information content (AvgIpc) is 2.46. The molecule has 0 aliphatic heterocycles. The third-order valence-corrected chi connectivity index (χ3v) is 2.94. The number of nitrogens with zero attached hydrogens (tertiary/aromatic N) is 2. The lowest BCUT2D eigenvalue weighted by molar-refractivity contribution is 0.412. The number of ether oxygens (including phenoxy) is 1. The SMILES string of the molecule is CNc1nc(-c2ccc(OC)c(C)c2)ccc1C#N. The molecule has 0 fully saturated rings. The highest BCUT2D eigenvalue weighted by atomic mass is 16.5. The van der Waals surface area contributed by atoms with Crippen LogP contribution in [0.1, 0.15) is 11.1 Å². The fourth-order valence-corrected chi connectivity index (χ4v) is 1.94. The van der Waals surface area contributed by atoms with Crippen LogP contribution in [0.5, 0.6) is 5.75 Å². The number of aryl methyl sites for hydroxylation is 1. The summed E-state index contributed by atoms with van der Waals surface area (Å²) in [5.41, 5.74) is 3.42. The number of hydrogen-bond acceptors (Lipinski definition) is 4. The standard InChI is InChI=1S/C15H15N3O/c1-10-8-11(5-7-14(10)19-3)13-6-4-12(9-16)15(17-2)18-13/h4-8H,1-3H3,(H,17,18). The van der Waals surface area contributed by atoms with Gasteiger partial charge < -0.3 is 10.1 Å². The van der Waals surface area contributed by atoms with Crippen LogP contribution < -0.4 is 10.1 Å². The molecule has 0 radical (unpaired) electrons. The van der Waals surface area contributed by atoms with Gasteiger partial charge >= 0.3 is 0 Å². The van der Waals surface area contributed by atoms with Crippen LogP contribution in [0.3, 0.4) is 0 Å². The van der Waals surface area contributed by atoms with Crippen LogP contribution in [0.4, 0.5) is 5.82 Å². The zero-order chi connectivity index (χ0) is 13.8. The van der Waals surface area contributed by atoms with Gasteiger partial charge in [0.05, 0.1) is 18.4 Å². The van der Waals surface area contributed by atoms with Crippen molar-refractivity contribution in [1.29, 1.82) is 5.26 Å². The Balaban J connectivity index is 2.48. The summed E-state index contributed by atoms with van der Waals surface area (Å²) in [5, 5.41) is 11.9. The average molecular weight is 253 g/mol. The van der Waals surface area contributed by atoms with E-state index in [9.17, 15) is 0 Å². The maximum Gasteiger partial charge on any atom is 0.144 e. The molecule has 96 valence electrons. The summed E-state index contributed by atoms with van der Waals surface area (Å²) in [6.45, 7) is 1.99. The number of methoxy groups -OCH3 is 1. The molecule has 1 aromatic heterocycles. The van der Waals surface area contributed by atoms with Gasteiger partial charge in [-0.1, -0.05) is 0 Å². The predicted molar refractivity (Wildman–Crippen MR) is 75.2 cm³/mol. The molecule has 0 aliphatic carbocycles. The number of anilines is 1. The van der Waals surface area contributed by atoms with Gasteiger partial charge in [0.2, 0.25) is 0 Å². The highest BCUT2D eigenvalue weighted by molar-refractivity contribution is 5.66. The Morgan fingerprint density at radius 2 is 2.05 bits per heavy atom. The molecule has 0 atom stereocenters. The van der Waals surface area contributed by atoms with Crippen molar-refractivity contribution in [3.8, 4) is 23.1 Å². The van der Waals surface area contributed by atoms with Crippen LogP contribution in [0.15, 0.2) is 30.3 Å². The molecule has 0 spiro atoms. The van der Waals surface area contributed by atoms with E-state index in [1.807, 2.05) is 31.2 Å². The molecule has 1 heterocycles. The van der Waals surface area contributed by atoms with Gasteiger partial charge in [0.1, 0.15) is 17.6 Å². The second-order valence-electron chi connectivity index (χ2n) is 4.14. The van der Waals surface area contributed by atoms with Crippen LogP contribution in [0.25, 0.3) is 11.3 Å². The molecule has 0 saturated carbocycles. The first-order valence-corrected chi connectivity index (χ1v) is 5.93. The van der Waals surface area contributed by atoms with E-state index in [1.165, 1.54) is 0 Å². The third kappa shape index (κ3) is 2.50. The van der Waals surface area contributed by atoms with Gasteiger partial charge in [-0.05, 0) is 42.8 Å². The Morgan fingerprint density at radius 1 is 1.26 bits per heavy atom. The number of nitriles is 1. The van der Waals surface area contributed by atoms with Crippen LogP contribution in [0.2, 0.25) is 0 Å². The quantitative estimate of drug-likeness (QED) is 0.913. The first kappa shape index (κ1) is 12.9. The monoisotopic (exact) mass is 253 g/mol. The molecular formula is C15H15N3O. The number of benzene rings is 1. The minimum Gasteiger partial charge on any atom is -0.496 e. The molecular weight excluding hydrogens is 238 g/mol. The summed E-state index contributed by atoms with van der Waals surface area (Å²) in [4.78, 5) is 4.45. The zero-order valence-electron chi connectivity index (χ0n) is 11.2. The van der Waals surface area contributed by atoms with Crippen LogP contribution in [-0.2, 0) is 0 Å². The van der Waals surface area contributed by atoms with E-state index in [4.69, 9.17) is 10.00 Å². The fraction of sp³-hybridized carbons (Fsp3) is 0.200. The normalized spacial score (nSPS) is 9.79. The third-order valence-electron chi connectivity index (χ3n) is 2.94. The lowest BCUT2D eigenvalue weighted by atomic mass is 10.1. The van der Waals surface area contributed by atoms with Gasteiger partial charge in [0.25, 0.3) is 0 Å². The maximum atomic E-state index is 8.98. The Kier molecular flexibility index (Phi) is 3.67. The molecule has 1 N–H and O–H groups in total. The maximum absolute atomic E-state index is 8.98.